The highest BCUT2D eigenvalue weighted by Crippen LogP contribution is 2.13. The minimum atomic E-state index is -0.247. The summed E-state index contributed by atoms with van der Waals surface area (Å²) in [6.07, 6.45) is 2.77. The summed E-state index contributed by atoms with van der Waals surface area (Å²) in [6, 6.07) is 7.06. The van der Waals surface area contributed by atoms with Crippen molar-refractivity contribution >= 4 is 39.3 Å². The van der Waals surface area contributed by atoms with Crippen molar-refractivity contribution in [1.29, 1.82) is 0 Å². The zero-order chi connectivity index (χ0) is 12.3. The average Bonchev–Trinajstić information content (AvgIpc) is 2.32. The van der Waals surface area contributed by atoms with Gasteiger partial charge in [0.1, 0.15) is 5.15 Å². The van der Waals surface area contributed by atoms with Crippen molar-refractivity contribution in [3.05, 3.63) is 51.8 Å². The van der Waals surface area contributed by atoms with Crippen LogP contribution in [0, 0.1) is 0 Å². The van der Waals surface area contributed by atoms with E-state index in [0.29, 0.717) is 11.4 Å². The Bertz CT molecular complexity index is 545. The van der Waals surface area contributed by atoms with Crippen LogP contribution in [0.5, 0.6) is 0 Å². The summed E-state index contributed by atoms with van der Waals surface area (Å²) in [5.41, 5.74) is 0.538. The first-order chi connectivity index (χ1) is 8.15. The summed E-state index contributed by atoms with van der Waals surface area (Å²) in [7, 11) is 0. The molecule has 0 fully saturated rings. The van der Waals surface area contributed by atoms with Crippen LogP contribution in [0.2, 0.25) is 5.15 Å². The van der Waals surface area contributed by atoms with Gasteiger partial charge in [-0.05, 0) is 18.2 Å². The van der Waals surface area contributed by atoms with Crippen LogP contribution < -0.4 is 5.32 Å². The molecule has 86 valence electrons. The minimum absolute atomic E-state index is 0.247. The summed E-state index contributed by atoms with van der Waals surface area (Å²) in [5, 5.41) is 2.90. The number of benzene rings is 1. The van der Waals surface area contributed by atoms with Crippen LogP contribution in [-0.4, -0.2) is 15.9 Å². The van der Waals surface area contributed by atoms with Gasteiger partial charge in [0.2, 0.25) is 0 Å². The maximum Gasteiger partial charge on any atom is 0.256 e. The highest BCUT2D eigenvalue weighted by Gasteiger charge is 2.07. The maximum atomic E-state index is 11.8. The molecule has 0 aliphatic carbocycles. The van der Waals surface area contributed by atoms with Gasteiger partial charge in [0.05, 0.1) is 12.4 Å². The molecule has 17 heavy (non-hydrogen) atoms. The van der Waals surface area contributed by atoms with Crippen molar-refractivity contribution in [2.75, 3.05) is 5.32 Å². The van der Waals surface area contributed by atoms with Gasteiger partial charge >= 0.3 is 0 Å². The molecule has 1 heterocycles. The van der Waals surface area contributed by atoms with E-state index in [1.54, 1.807) is 18.2 Å². The molecular weight excluding hydrogens is 305 g/mol. The standard InChI is InChI=1S/C11H7BrClN3O/c12-8-3-1-2-7(4-8)11(17)16-10-6-14-9(13)5-15-10/h1-6H,(H,15,16,17). The maximum absolute atomic E-state index is 11.8. The molecular formula is C11H7BrClN3O. The van der Waals surface area contributed by atoms with E-state index in [-0.39, 0.29) is 11.1 Å². The van der Waals surface area contributed by atoms with Crippen LogP contribution in [0.3, 0.4) is 0 Å². The van der Waals surface area contributed by atoms with Gasteiger partial charge in [-0.1, -0.05) is 33.6 Å². The van der Waals surface area contributed by atoms with Crippen molar-refractivity contribution < 1.29 is 4.79 Å². The SMILES string of the molecule is O=C(Nc1cnc(Cl)cn1)c1cccc(Br)c1. The number of hydrogen-bond donors (Lipinski definition) is 1. The summed E-state index contributed by atoms with van der Waals surface area (Å²) in [5.74, 6) is 0.113. The molecule has 0 aliphatic heterocycles. The number of rotatable bonds is 2. The van der Waals surface area contributed by atoms with Crippen molar-refractivity contribution in [3.8, 4) is 0 Å². The minimum Gasteiger partial charge on any atom is -0.305 e. The topological polar surface area (TPSA) is 54.9 Å². The molecule has 0 atom stereocenters. The molecule has 0 unspecified atom stereocenters. The monoisotopic (exact) mass is 311 g/mol. The lowest BCUT2D eigenvalue weighted by Crippen LogP contribution is -2.12. The van der Waals surface area contributed by atoms with Crippen molar-refractivity contribution in [1.82, 2.24) is 9.97 Å². The Labute approximate surface area is 111 Å². The molecule has 2 aromatic rings. The number of anilines is 1. The predicted molar refractivity (Wildman–Crippen MR) is 69.1 cm³/mol. The third kappa shape index (κ3) is 3.25. The van der Waals surface area contributed by atoms with Gasteiger partial charge in [0, 0.05) is 10.0 Å². The molecule has 1 N–H and O–H groups in total. The molecule has 2 rings (SSSR count). The number of nitrogens with zero attached hydrogens (tertiary/aromatic N) is 2. The van der Waals surface area contributed by atoms with Crippen LogP contribution in [0.15, 0.2) is 41.1 Å². The Kier molecular flexibility index (Phi) is 3.71. The van der Waals surface area contributed by atoms with Crippen LogP contribution in [0.4, 0.5) is 5.82 Å². The van der Waals surface area contributed by atoms with E-state index in [0.717, 1.165) is 4.47 Å². The first-order valence-corrected chi connectivity index (χ1v) is 5.87. The first-order valence-electron chi connectivity index (χ1n) is 4.69. The molecule has 0 saturated carbocycles. The van der Waals surface area contributed by atoms with Gasteiger partial charge in [0.25, 0.3) is 5.91 Å². The van der Waals surface area contributed by atoms with Gasteiger partial charge < -0.3 is 5.32 Å². The van der Waals surface area contributed by atoms with Crippen molar-refractivity contribution in [2.24, 2.45) is 0 Å². The average molecular weight is 313 g/mol. The molecule has 0 radical (unpaired) electrons. The summed E-state index contributed by atoms with van der Waals surface area (Å²) in [6.45, 7) is 0. The number of hydrogen-bond acceptors (Lipinski definition) is 3. The van der Waals surface area contributed by atoms with E-state index in [2.05, 4.69) is 31.2 Å². The van der Waals surface area contributed by atoms with Crippen molar-refractivity contribution in [3.63, 3.8) is 0 Å². The summed E-state index contributed by atoms with van der Waals surface area (Å²) in [4.78, 5) is 19.6. The molecule has 1 aromatic heterocycles. The molecule has 0 aliphatic rings. The second-order valence-corrected chi connectivity index (χ2v) is 4.49. The van der Waals surface area contributed by atoms with Gasteiger partial charge in [-0.15, -0.1) is 0 Å². The number of carbonyl (C=O) groups is 1. The largest absolute Gasteiger partial charge is 0.305 e. The van der Waals surface area contributed by atoms with Crippen LogP contribution in [0.25, 0.3) is 0 Å². The second kappa shape index (κ2) is 5.25. The molecule has 1 aromatic carbocycles. The molecule has 0 saturated heterocycles. The predicted octanol–water partition coefficient (Wildman–Crippen LogP) is 3.14. The fraction of sp³-hybridized carbons (Fsp3) is 0. The molecule has 4 nitrogen and oxygen atoms in total. The van der Waals surface area contributed by atoms with E-state index in [4.69, 9.17) is 11.6 Å². The molecule has 0 spiro atoms. The van der Waals surface area contributed by atoms with Gasteiger partial charge in [-0.25, -0.2) is 9.97 Å². The lowest BCUT2D eigenvalue weighted by molar-refractivity contribution is 0.102. The smallest absolute Gasteiger partial charge is 0.256 e. The zero-order valence-corrected chi connectivity index (χ0v) is 10.9. The second-order valence-electron chi connectivity index (χ2n) is 3.19. The third-order valence-corrected chi connectivity index (χ3v) is 2.64. The van der Waals surface area contributed by atoms with Gasteiger partial charge in [-0.3, -0.25) is 4.79 Å². The van der Waals surface area contributed by atoms with Gasteiger partial charge in [0.15, 0.2) is 5.82 Å². The van der Waals surface area contributed by atoms with Crippen LogP contribution in [-0.2, 0) is 0 Å². The van der Waals surface area contributed by atoms with E-state index in [1.165, 1.54) is 12.4 Å². The third-order valence-electron chi connectivity index (χ3n) is 1.95. The van der Waals surface area contributed by atoms with E-state index < -0.39 is 0 Å². The lowest BCUT2D eigenvalue weighted by atomic mass is 10.2. The van der Waals surface area contributed by atoms with Crippen molar-refractivity contribution in [2.45, 2.75) is 0 Å². The Morgan fingerprint density at radius 1 is 1.29 bits per heavy atom. The van der Waals surface area contributed by atoms with Gasteiger partial charge in [-0.2, -0.15) is 0 Å². The van der Waals surface area contributed by atoms with E-state index in [9.17, 15) is 4.79 Å². The Hall–Kier alpha value is -1.46. The van der Waals surface area contributed by atoms with E-state index in [1.807, 2.05) is 6.07 Å². The number of amides is 1. The number of nitrogens with one attached hydrogen (secondary N) is 1. The van der Waals surface area contributed by atoms with Crippen LogP contribution in [0.1, 0.15) is 10.4 Å². The molecule has 0 bridgehead atoms. The number of halogens is 2. The summed E-state index contributed by atoms with van der Waals surface area (Å²) >= 11 is 8.89. The van der Waals surface area contributed by atoms with Crippen LogP contribution >= 0.6 is 27.5 Å². The highest BCUT2D eigenvalue weighted by molar-refractivity contribution is 9.10. The Balaban J connectivity index is 2.14. The first kappa shape index (κ1) is 12.0. The lowest BCUT2D eigenvalue weighted by Gasteiger charge is -2.04. The number of aromatic nitrogens is 2. The molecule has 1 amide bonds. The fourth-order valence-corrected chi connectivity index (χ4v) is 1.69. The quantitative estimate of drug-likeness (QED) is 0.927. The Morgan fingerprint density at radius 3 is 2.76 bits per heavy atom. The summed E-state index contributed by atoms with van der Waals surface area (Å²) < 4.78 is 0.840. The normalized spacial score (nSPS) is 10.0. The Morgan fingerprint density at radius 2 is 2.12 bits per heavy atom. The highest BCUT2D eigenvalue weighted by atomic mass is 79.9. The number of carbonyl (C=O) groups excluding carboxylic acids is 1. The zero-order valence-electron chi connectivity index (χ0n) is 8.52. The fourth-order valence-electron chi connectivity index (χ4n) is 1.20. The van der Waals surface area contributed by atoms with E-state index >= 15 is 0 Å². The molecule has 6 heteroatoms.